The van der Waals surface area contributed by atoms with Gasteiger partial charge in [0, 0.05) is 15.2 Å². The first kappa shape index (κ1) is 13.4. The summed E-state index contributed by atoms with van der Waals surface area (Å²) >= 11 is 3.71. The Morgan fingerprint density at radius 1 is 0.818 bits per heavy atom. The van der Waals surface area contributed by atoms with Gasteiger partial charge in [0.2, 0.25) is 0 Å². The lowest BCUT2D eigenvalue weighted by atomic mass is 10.2. The summed E-state index contributed by atoms with van der Waals surface area (Å²) < 4.78 is 3.37. The first-order valence-electron chi connectivity index (χ1n) is 7.20. The van der Waals surface area contributed by atoms with E-state index in [1.807, 2.05) is 6.08 Å². The van der Waals surface area contributed by atoms with Gasteiger partial charge in [-0.3, -0.25) is 0 Å². The molecule has 0 spiro atoms. The van der Waals surface area contributed by atoms with Crippen molar-refractivity contribution < 1.29 is 0 Å². The standard InChI is InChI=1S/C20H14BrN/c1-2-14-11-12-20(17(21)13-14)22-18-9-5-3-7-15(18)16-8-4-6-10-19(16)22/h2-13H,1H2. The number of para-hydroxylation sites is 2. The van der Waals surface area contributed by atoms with E-state index in [4.69, 9.17) is 0 Å². The van der Waals surface area contributed by atoms with Crippen molar-refractivity contribution in [3.05, 3.63) is 83.3 Å². The zero-order valence-corrected chi connectivity index (χ0v) is 13.5. The third-order valence-corrected chi connectivity index (χ3v) is 4.66. The fraction of sp³-hybridized carbons (Fsp3) is 0. The van der Waals surface area contributed by atoms with E-state index < -0.39 is 0 Å². The molecule has 3 aromatic carbocycles. The van der Waals surface area contributed by atoms with Gasteiger partial charge in [0.1, 0.15) is 0 Å². The third-order valence-electron chi connectivity index (χ3n) is 4.03. The van der Waals surface area contributed by atoms with E-state index in [9.17, 15) is 0 Å². The number of fused-ring (bicyclic) bond motifs is 3. The Kier molecular flexibility index (Phi) is 3.12. The van der Waals surface area contributed by atoms with Crippen molar-refractivity contribution >= 4 is 43.8 Å². The molecule has 0 bridgehead atoms. The Morgan fingerprint density at radius 2 is 1.41 bits per heavy atom. The largest absolute Gasteiger partial charge is 0.308 e. The van der Waals surface area contributed by atoms with Gasteiger partial charge < -0.3 is 4.57 Å². The Balaban J connectivity index is 2.15. The van der Waals surface area contributed by atoms with Crippen molar-refractivity contribution in [2.45, 2.75) is 0 Å². The minimum Gasteiger partial charge on any atom is -0.308 e. The second kappa shape index (κ2) is 5.15. The minimum atomic E-state index is 1.07. The summed E-state index contributed by atoms with van der Waals surface area (Å²) in [7, 11) is 0. The molecule has 0 saturated carbocycles. The first-order chi connectivity index (χ1) is 10.8. The Labute approximate surface area is 137 Å². The summed E-state index contributed by atoms with van der Waals surface area (Å²) in [5, 5.41) is 2.55. The van der Waals surface area contributed by atoms with Crippen molar-refractivity contribution in [1.82, 2.24) is 4.57 Å². The van der Waals surface area contributed by atoms with Crippen LogP contribution in [0.25, 0.3) is 33.6 Å². The number of hydrogen-bond acceptors (Lipinski definition) is 0. The molecule has 0 radical (unpaired) electrons. The Morgan fingerprint density at radius 3 is 1.95 bits per heavy atom. The van der Waals surface area contributed by atoms with Gasteiger partial charge in [-0.05, 0) is 45.8 Å². The SMILES string of the molecule is C=Cc1ccc(-n2c3ccccc3c3ccccc32)c(Br)c1. The van der Waals surface area contributed by atoms with Crippen LogP contribution in [0.3, 0.4) is 0 Å². The Bertz CT molecular complexity index is 958. The molecule has 0 aliphatic rings. The molecule has 1 nitrogen and oxygen atoms in total. The maximum Gasteiger partial charge on any atom is 0.0604 e. The molecule has 106 valence electrons. The molecule has 0 fully saturated rings. The van der Waals surface area contributed by atoms with E-state index in [2.05, 4.69) is 93.8 Å². The molecular formula is C20H14BrN. The van der Waals surface area contributed by atoms with Gasteiger partial charge in [0.15, 0.2) is 0 Å². The lowest BCUT2D eigenvalue weighted by Gasteiger charge is -2.10. The summed E-state index contributed by atoms with van der Waals surface area (Å²) in [6.07, 6.45) is 1.86. The van der Waals surface area contributed by atoms with Crippen LogP contribution < -0.4 is 0 Å². The molecule has 0 N–H and O–H groups in total. The predicted molar refractivity (Wildman–Crippen MR) is 98.6 cm³/mol. The molecule has 0 aliphatic heterocycles. The van der Waals surface area contributed by atoms with Crippen molar-refractivity contribution in [3.63, 3.8) is 0 Å². The van der Waals surface area contributed by atoms with Crippen LogP contribution >= 0.6 is 15.9 Å². The smallest absolute Gasteiger partial charge is 0.0604 e. The molecule has 1 aromatic heterocycles. The molecule has 4 aromatic rings. The summed E-state index contributed by atoms with van der Waals surface area (Å²) in [5.74, 6) is 0. The summed E-state index contributed by atoms with van der Waals surface area (Å²) in [5.41, 5.74) is 4.69. The van der Waals surface area contributed by atoms with Gasteiger partial charge in [0.25, 0.3) is 0 Å². The van der Waals surface area contributed by atoms with Crippen LogP contribution in [0.5, 0.6) is 0 Å². The monoisotopic (exact) mass is 347 g/mol. The highest BCUT2D eigenvalue weighted by atomic mass is 79.9. The average molecular weight is 348 g/mol. The zero-order chi connectivity index (χ0) is 15.1. The number of aromatic nitrogens is 1. The quantitative estimate of drug-likeness (QED) is 0.407. The maximum atomic E-state index is 3.84. The number of nitrogens with zero attached hydrogens (tertiary/aromatic N) is 1. The van der Waals surface area contributed by atoms with Crippen molar-refractivity contribution in [1.29, 1.82) is 0 Å². The molecular weight excluding hydrogens is 334 g/mol. The van der Waals surface area contributed by atoms with Gasteiger partial charge in [-0.15, -0.1) is 0 Å². The molecule has 2 heteroatoms. The highest BCUT2D eigenvalue weighted by Crippen LogP contribution is 2.34. The van der Waals surface area contributed by atoms with Crippen LogP contribution in [0.4, 0.5) is 0 Å². The molecule has 0 unspecified atom stereocenters. The van der Waals surface area contributed by atoms with Crippen molar-refractivity contribution in [2.24, 2.45) is 0 Å². The summed E-state index contributed by atoms with van der Waals surface area (Å²) in [6, 6.07) is 23.4. The number of benzene rings is 3. The van der Waals surface area contributed by atoms with Crippen LogP contribution in [0.15, 0.2) is 77.8 Å². The van der Waals surface area contributed by atoms with E-state index >= 15 is 0 Å². The molecule has 0 aliphatic carbocycles. The van der Waals surface area contributed by atoms with Crippen molar-refractivity contribution in [3.8, 4) is 5.69 Å². The molecule has 22 heavy (non-hydrogen) atoms. The second-order valence-corrected chi connectivity index (χ2v) is 6.14. The zero-order valence-electron chi connectivity index (χ0n) is 12.0. The Hall–Kier alpha value is -2.32. The predicted octanol–water partition coefficient (Wildman–Crippen LogP) is 6.19. The fourth-order valence-electron chi connectivity index (χ4n) is 3.01. The summed E-state index contributed by atoms with van der Waals surface area (Å²) in [4.78, 5) is 0. The molecule has 4 rings (SSSR count). The van der Waals surface area contributed by atoms with Crippen molar-refractivity contribution in [2.75, 3.05) is 0 Å². The topological polar surface area (TPSA) is 4.93 Å². The van der Waals surface area contributed by atoms with Gasteiger partial charge in [0.05, 0.1) is 16.7 Å². The molecule has 0 amide bonds. The van der Waals surface area contributed by atoms with Gasteiger partial charge in [-0.25, -0.2) is 0 Å². The van der Waals surface area contributed by atoms with Crippen LogP contribution in [0.2, 0.25) is 0 Å². The molecule has 0 saturated heterocycles. The highest BCUT2D eigenvalue weighted by Gasteiger charge is 2.13. The normalized spacial score (nSPS) is 11.1. The van der Waals surface area contributed by atoms with Crippen LogP contribution in [-0.2, 0) is 0 Å². The molecule has 1 heterocycles. The van der Waals surface area contributed by atoms with Crippen LogP contribution in [0, 0.1) is 0 Å². The van der Waals surface area contributed by atoms with E-state index in [0.717, 1.165) is 15.7 Å². The first-order valence-corrected chi connectivity index (χ1v) is 7.99. The van der Waals surface area contributed by atoms with E-state index in [1.165, 1.54) is 21.8 Å². The van der Waals surface area contributed by atoms with E-state index in [-0.39, 0.29) is 0 Å². The van der Waals surface area contributed by atoms with Gasteiger partial charge in [-0.1, -0.05) is 55.1 Å². The van der Waals surface area contributed by atoms with E-state index in [1.54, 1.807) is 0 Å². The molecule has 0 atom stereocenters. The number of rotatable bonds is 2. The number of hydrogen-bond donors (Lipinski definition) is 0. The fourth-order valence-corrected chi connectivity index (χ4v) is 3.59. The van der Waals surface area contributed by atoms with Gasteiger partial charge >= 0.3 is 0 Å². The van der Waals surface area contributed by atoms with E-state index in [0.29, 0.717) is 0 Å². The average Bonchev–Trinajstić information content (AvgIpc) is 2.89. The second-order valence-electron chi connectivity index (χ2n) is 5.28. The minimum absolute atomic E-state index is 1.07. The lowest BCUT2D eigenvalue weighted by Crippen LogP contribution is -1.95. The summed E-state index contributed by atoms with van der Waals surface area (Å²) in [6.45, 7) is 3.84. The van der Waals surface area contributed by atoms with Gasteiger partial charge in [-0.2, -0.15) is 0 Å². The highest BCUT2D eigenvalue weighted by molar-refractivity contribution is 9.10. The van der Waals surface area contributed by atoms with Crippen LogP contribution in [-0.4, -0.2) is 4.57 Å². The maximum absolute atomic E-state index is 3.84. The van der Waals surface area contributed by atoms with Crippen LogP contribution in [0.1, 0.15) is 5.56 Å². The lowest BCUT2D eigenvalue weighted by molar-refractivity contribution is 1.17. The third kappa shape index (κ3) is 1.92. The number of halogens is 1.